The molecule has 2 saturated heterocycles. The van der Waals surface area contributed by atoms with Crippen LogP contribution in [0.15, 0.2) is 24.3 Å². The molecule has 1 atom stereocenters. The Morgan fingerprint density at radius 3 is 2.57 bits per heavy atom. The summed E-state index contributed by atoms with van der Waals surface area (Å²) in [6.45, 7) is 4.75. The van der Waals surface area contributed by atoms with Gasteiger partial charge in [0.25, 0.3) is 5.91 Å². The van der Waals surface area contributed by atoms with Crippen LogP contribution in [0, 0.1) is 0 Å². The second kappa shape index (κ2) is 7.77. The lowest BCUT2D eigenvalue weighted by atomic mass is 10.1. The number of ether oxygens (including phenoxy) is 1. The molecule has 2 amide bonds. The maximum absolute atomic E-state index is 13.2. The Morgan fingerprint density at radius 1 is 1.17 bits per heavy atom. The van der Waals surface area contributed by atoms with Crippen LogP contribution in [0.5, 0.6) is 0 Å². The van der Waals surface area contributed by atoms with E-state index >= 15 is 0 Å². The van der Waals surface area contributed by atoms with E-state index in [0.29, 0.717) is 30.4 Å². The number of carbonyl (C=O) groups excluding carboxylic acids is 2. The van der Waals surface area contributed by atoms with Crippen molar-refractivity contribution >= 4 is 42.9 Å². The number of amides is 2. The van der Waals surface area contributed by atoms with E-state index in [-0.39, 0.29) is 32.0 Å². The van der Waals surface area contributed by atoms with Crippen LogP contribution >= 0.6 is 13.5 Å². The monoisotopic (exact) mass is 428 g/mol. The maximum atomic E-state index is 13.2. The Morgan fingerprint density at radius 2 is 1.93 bits per heavy atom. The number of anilines is 3. The summed E-state index contributed by atoms with van der Waals surface area (Å²) >= 11 is 0. The molecule has 0 radical (unpaired) electrons. The van der Waals surface area contributed by atoms with Gasteiger partial charge in [-0.2, -0.15) is 13.5 Å². The summed E-state index contributed by atoms with van der Waals surface area (Å²) < 4.78 is 5.09. The van der Waals surface area contributed by atoms with Gasteiger partial charge < -0.3 is 15.4 Å². The molecule has 9 nitrogen and oxygen atoms in total. The highest BCUT2D eigenvalue weighted by atomic mass is 32.1. The third-order valence-corrected chi connectivity index (χ3v) is 5.69. The fourth-order valence-corrected chi connectivity index (χ4v) is 3.95. The van der Waals surface area contributed by atoms with Crippen LogP contribution in [0.2, 0.25) is 0 Å². The highest BCUT2D eigenvalue weighted by Crippen LogP contribution is 2.33. The van der Waals surface area contributed by atoms with Crippen molar-refractivity contribution in [3.8, 4) is 0 Å². The van der Waals surface area contributed by atoms with Crippen molar-refractivity contribution in [1.29, 1.82) is 0 Å². The number of nitrogens with two attached hydrogens (primary N) is 1. The van der Waals surface area contributed by atoms with Gasteiger partial charge in [0, 0.05) is 25.2 Å². The Bertz CT molecular complexity index is 1010. The van der Waals surface area contributed by atoms with Crippen molar-refractivity contribution in [3.05, 3.63) is 41.1 Å². The molecule has 3 aliphatic heterocycles. The number of hydrogen-bond acceptors (Lipinski definition) is 7. The van der Waals surface area contributed by atoms with Gasteiger partial charge in [0.15, 0.2) is 0 Å². The molecule has 30 heavy (non-hydrogen) atoms. The normalized spacial score (nSPS) is 20.1. The summed E-state index contributed by atoms with van der Waals surface area (Å²) in [6.07, 6.45) is 0.706. The van der Waals surface area contributed by atoms with Crippen molar-refractivity contribution in [2.24, 2.45) is 5.73 Å². The van der Waals surface area contributed by atoms with E-state index in [0.717, 1.165) is 36.6 Å². The van der Waals surface area contributed by atoms with Crippen LogP contribution in [-0.4, -0.2) is 47.7 Å². The Hall–Kier alpha value is -2.85. The molecule has 158 valence electrons. The summed E-state index contributed by atoms with van der Waals surface area (Å²) in [5.74, 6) is 1.64. The highest BCUT2D eigenvalue weighted by Gasteiger charge is 2.35. The second-order valence-electron chi connectivity index (χ2n) is 7.54. The van der Waals surface area contributed by atoms with Gasteiger partial charge in [0.2, 0.25) is 0 Å². The summed E-state index contributed by atoms with van der Waals surface area (Å²) in [5.41, 5.74) is 8.16. The van der Waals surface area contributed by atoms with Gasteiger partial charge in [-0.15, -0.1) is 0 Å². The first-order valence-electron chi connectivity index (χ1n) is 9.79. The molecule has 0 bridgehead atoms. The zero-order chi connectivity index (χ0) is 20.1. The van der Waals surface area contributed by atoms with Gasteiger partial charge in [-0.3, -0.25) is 14.6 Å². The molecule has 3 aliphatic rings. The molecular weight excluding hydrogens is 404 g/mol. The quantitative estimate of drug-likeness (QED) is 0.791. The number of rotatable bonds is 4. The number of pyridine rings is 2. The van der Waals surface area contributed by atoms with Gasteiger partial charge >= 0.3 is 6.09 Å². The molecule has 2 aromatic heterocycles. The number of hydrogen-bond donors (Lipinski definition) is 1. The van der Waals surface area contributed by atoms with Crippen molar-refractivity contribution in [3.63, 3.8) is 0 Å². The van der Waals surface area contributed by atoms with Gasteiger partial charge in [0.1, 0.15) is 24.1 Å². The van der Waals surface area contributed by atoms with Gasteiger partial charge in [0.05, 0.1) is 23.8 Å². The molecule has 2 fully saturated rings. The highest BCUT2D eigenvalue weighted by molar-refractivity contribution is 7.59. The Balaban J connectivity index is 0.00000218. The third kappa shape index (κ3) is 3.16. The molecule has 10 heteroatoms. The molecule has 5 heterocycles. The number of carbonyl (C=O) groups is 2. The minimum Gasteiger partial charge on any atom is -0.447 e. The van der Waals surface area contributed by atoms with E-state index in [1.165, 1.54) is 4.90 Å². The Kier molecular flexibility index (Phi) is 5.29. The fraction of sp³-hybridized carbons (Fsp3) is 0.400. The van der Waals surface area contributed by atoms with Crippen LogP contribution in [-0.2, 0) is 17.8 Å². The fourth-order valence-electron chi connectivity index (χ4n) is 3.95. The van der Waals surface area contributed by atoms with Crippen molar-refractivity contribution in [1.82, 2.24) is 9.97 Å². The standard InChI is InChI=1S/C20H22N6O3.H2S/c1-12-11-29-20(28)26(12)17-5-2-4-16(23-17)25-10-14-13(19(25)27)8-18(22-15(14)9-21)24-6-3-7-24;/h2,4-5,8,12H,3,6-7,9-11,21H2,1H3;1H2/t12-;/m0./s1. The van der Waals surface area contributed by atoms with Crippen LogP contribution in [0.3, 0.4) is 0 Å². The predicted molar refractivity (Wildman–Crippen MR) is 117 cm³/mol. The zero-order valence-electron chi connectivity index (χ0n) is 16.7. The molecule has 2 N–H and O–H groups in total. The number of aromatic nitrogens is 2. The molecule has 5 rings (SSSR count). The lowest BCUT2D eigenvalue weighted by molar-refractivity contribution is 0.0996. The summed E-state index contributed by atoms with van der Waals surface area (Å²) in [7, 11) is 0. The lowest BCUT2D eigenvalue weighted by Gasteiger charge is -2.32. The molecule has 0 unspecified atom stereocenters. The third-order valence-electron chi connectivity index (χ3n) is 5.69. The molecular formula is C20H24N6O3S. The number of cyclic esters (lactones) is 1. The second-order valence-corrected chi connectivity index (χ2v) is 7.54. The first-order valence-corrected chi connectivity index (χ1v) is 9.79. The van der Waals surface area contributed by atoms with Crippen LogP contribution in [0.4, 0.5) is 22.2 Å². The summed E-state index contributed by atoms with van der Waals surface area (Å²) in [5, 5.41) is 0. The summed E-state index contributed by atoms with van der Waals surface area (Å²) in [4.78, 5) is 39.8. The number of fused-ring (bicyclic) bond motifs is 1. The minimum absolute atomic E-state index is 0. The van der Waals surface area contributed by atoms with Crippen LogP contribution in [0.25, 0.3) is 0 Å². The Labute approximate surface area is 181 Å². The van der Waals surface area contributed by atoms with E-state index in [2.05, 4.69) is 14.9 Å². The van der Waals surface area contributed by atoms with Gasteiger partial charge in [-0.05, 0) is 31.5 Å². The SMILES string of the molecule is C[C@H]1COC(=O)N1c1cccc(N2Cc3c(cc(N4CCC4)nc3CN)C2=O)n1.S. The minimum atomic E-state index is -0.424. The largest absolute Gasteiger partial charge is 0.447 e. The topological polar surface area (TPSA) is 105 Å². The van der Waals surface area contributed by atoms with E-state index in [4.69, 9.17) is 10.5 Å². The molecule has 0 aliphatic carbocycles. The molecule has 0 spiro atoms. The van der Waals surface area contributed by atoms with Crippen molar-refractivity contribution in [2.75, 3.05) is 34.4 Å². The maximum Gasteiger partial charge on any atom is 0.415 e. The smallest absolute Gasteiger partial charge is 0.415 e. The number of nitrogens with zero attached hydrogens (tertiary/aromatic N) is 5. The van der Waals surface area contributed by atoms with Crippen LogP contribution in [0.1, 0.15) is 35.0 Å². The van der Waals surface area contributed by atoms with Gasteiger partial charge in [-0.1, -0.05) is 6.07 Å². The van der Waals surface area contributed by atoms with Gasteiger partial charge in [-0.25, -0.2) is 14.8 Å². The van der Waals surface area contributed by atoms with Crippen LogP contribution < -0.4 is 20.4 Å². The molecule has 0 aromatic carbocycles. The van der Waals surface area contributed by atoms with E-state index < -0.39 is 6.09 Å². The first-order chi connectivity index (χ1) is 14.1. The van der Waals surface area contributed by atoms with Crippen molar-refractivity contribution < 1.29 is 14.3 Å². The van der Waals surface area contributed by atoms with E-state index in [9.17, 15) is 9.59 Å². The van der Waals surface area contributed by atoms with E-state index in [1.807, 2.05) is 13.0 Å². The molecule has 2 aromatic rings. The lowest BCUT2D eigenvalue weighted by Crippen LogP contribution is -2.38. The summed E-state index contributed by atoms with van der Waals surface area (Å²) in [6, 6.07) is 7.06. The average Bonchev–Trinajstić information content (AvgIpc) is 3.19. The zero-order valence-corrected chi connectivity index (χ0v) is 17.7. The predicted octanol–water partition coefficient (Wildman–Crippen LogP) is 1.76. The average molecular weight is 429 g/mol. The van der Waals surface area contributed by atoms with E-state index in [1.54, 1.807) is 23.1 Å². The first kappa shape index (κ1) is 20.4. The van der Waals surface area contributed by atoms with Crippen molar-refractivity contribution in [2.45, 2.75) is 32.5 Å². The molecule has 0 saturated carbocycles.